The molecule has 1 aliphatic heterocycles. The molecule has 6 rings (SSSR count). The predicted octanol–water partition coefficient (Wildman–Crippen LogP) is 6.82. The van der Waals surface area contributed by atoms with Gasteiger partial charge in [-0.3, -0.25) is 19.7 Å². The van der Waals surface area contributed by atoms with Crippen molar-refractivity contribution in [3.05, 3.63) is 93.2 Å². The number of hydrogen-bond donors (Lipinski definition) is 2. The lowest BCUT2D eigenvalue weighted by Crippen LogP contribution is -2.46. The Bertz CT molecular complexity index is 1990. The van der Waals surface area contributed by atoms with E-state index >= 15 is 0 Å². The minimum atomic E-state index is -4.23. The average Bonchev–Trinajstić information content (AvgIpc) is 3.53. The molecule has 4 aromatic rings. The van der Waals surface area contributed by atoms with Crippen LogP contribution in [0.15, 0.2) is 92.9 Å². The van der Waals surface area contributed by atoms with Gasteiger partial charge in [-0.1, -0.05) is 34.1 Å². The van der Waals surface area contributed by atoms with Crippen molar-refractivity contribution in [1.29, 1.82) is 0 Å². The molecule has 12 nitrogen and oxygen atoms in total. The van der Waals surface area contributed by atoms with Crippen molar-refractivity contribution >= 4 is 71.5 Å². The SMILES string of the molecule is CN(C)CCC(CSc1ccccc1)Nc1ccc(S(=O)(=O)Nc2ncnc3cc(N4CCN(CC5=C(Br)CCC5)CC4)ccc23)cc1[N+](=O)[O-]. The Hall–Kier alpha value is -3.76. The molecule has 51 heavy (non-hydrogen) atoms. The molecule has 3 aromatic carbocycles. The van der Waals surface area contributed by atoms with Gasteiger partial charge in [-0.05, 0) is 98.8 Å². The summed E-state index contributed by atoms with van der Waals surface area (Å²) in [6.45, 7) is 5.47. The molecule has 15 heteroatoms. The molecule has 0 saturated carbocycles. The molecule has 1 fully saturated rings. The summed E-state index contributed by atoms with van der Waals surface area (Å²) in [5, 5.41) is 16.1. The van der Waals surface area contributed by atoms with E-state index < -0.39 is 14.9 Å². The first-order chi connectivity index (χ1) is 24.6. The summed E-state index contributed by atoms with van der Waals surface area (Å²) in [5.41, 5.74) is 3.08. The fourth-order valence-electron chi connectivity index (χ4n) is 6.37. The number of hydrogen-bond acceptors (Lipinski definition) is 11. The van der Waals surface area contributed by atoms with Crippen molar-refractivity contribution in [2.24, 2.45) is 0 Å². The second-order valence-corrected chi connectivity index (χ2v) is 16.9. The lowest BCUT2D eigenvalue weighted by atomic mass is 10.1. The number of piperazine rings is 1. The number of benzene rings is 3. The molecule has 0 radical (unpaired) electrons. The Morgan fingerprint density at radius 3 is 2.51 bits per heavy atom. The number of anilines is 3. The maximum Gasteiger partial charge on any atom is 0.293 e. The van der Waals surface area contributed by atoms with Gasteiger partial charge in [0.15, 0.2) is 5.82 Å². The first-order valence-corrected chi connectivity index (χ1v) is 20.3. The third-order valence-corrected chi connectivity index (χ3v) is 12.7. The van der Waals surface area contributed by atoms with E-state index in [1.165, 1.54) is 41.4 Å². The molecule has 1 aromatic heterocycles. The van der Waals surface area contributed by atoms with Crippen LogP contribution in [-0.2, 0) is 10.0 Å². The van der Waals surface area contributed by atoms with Gasteiger partial charge in [0.1, 0.15) is 12.0 Å². The van der Waals surface area contributed by atoms with Crippen LogP contribution in [0.1, 0.15) is 25.7 Å². The third-order valence-electron chi connectivity index (χ3n) is 9.22. The largest absolute Gasteiger partial charge is 0.376 e. The van der Waals surface area contributed by atoms with Gasteiger partial charge < -0.3 is 15.1 Å². The topological polar surface area (TPSA) is 137 Å². The zero-order chi connectivity index (χ0) is 36.0. The molecule has 0 spiro atoms. The summed E-state index contributed by atoms with van der Waals surface area (Å²) >= 11 is 5.40. The summed E-state index contributed by atoms with van der Waals surface area (Å²) in [7, 11) is -0.272. The van der Waals surface area contributed by atoms with Gasteiger partial charge in [-0.15, -0.1) is 11.8 Å². The van der Waals surface area contributed by atoms with Gasteiger partial charge in [-0.25, -0.2) is 18.4 Å². The van der Waals surface area contributed by atoms with Crippen LogP contribution in [0.4, 0.5) is 22.9 Å². The van der Waals surface area contributed by atoms with Gasteiger partial charge in [0, 0.05) is 66.6 Å². The van der Waals surface area contributed by atoms with Crippen LogP contribution >= 0.6 is 27.7 Å². The molecule has 0 amide bonds. The predicted molar refractivity (Wildman–Crippen MR) is 210 cm³/mol. The van der Waals surface area contributed by atoms with Crippen molar-refractivity contribution in [1.82, 2.24) is 19.8 Å². The van der Waals surface area contributed by atoms with Crippen LogP contribution in [0.2, 0.25) is 0 Å². The molecule has 2 aliphatic rings. The van der Waals surface area contributed by atoms with Crippen LogP contribution in [0, 0.1) is 10.1 Å². The monoisotopic (exact) mass is 794 g/mol. The molecule has 1 atom stereocenters. The number of aromatic nitrogens is 2. The van der Waals surface area contributed by atoms with E-state index in [9.17, 15) is 18.5 Å². The fourth-order valence-corrected chi connectivity index (χ4v) is 9.02. The maximum atomic E-state index is 13.6. The minimum absolute atomic E-state index is 0.102. The highest BCUT2D eigenvalue weighted by atomic mass is 79.9. The Morgan fingerprint density at radius 2 is 1.80 bits per heavy atom. The van der Waals surface area contributed by atoms with E-state index in [0.29, 0.717) is 16.7 Å². The van der Waals surface area contributed by atoms with E-state index in [1.54, 1.807) is 11.8 Å². The Morgan fingerprint density at radius 1 is 1.02 bits per heavy atom. The van der Waals surface area contributed by atoms with E-state index in [2.05, 4.69) is 50.6 Å². The zero-order valence-electron chi connectivity index (χ0n) is 28.8. The highest BCUT2D eigenvalue weighted by molar-refractivity contribution is 9.11. The lowest BCUT2D eigenvalue weighted by Gasteiger charge is -2.36. The third kappa shape index (κ3) is 9.57. The molecular formula is C36H43BrN8O4S2. The van der Waals surface area contributed by atoms with Crippen LogP contribution in [0.5, 0.6) is 0 Å². The number of allylic oxidation sites excluding steroid dienone is 1. The molecular weight excluding hydrogens is 752 g/mol. The zero-order valence-corrected chi connectivity index (χ0v) is 32.0. The molecule has 1 unspecified atom stereocenters. The van der Waals surface area contributed by atoms with E-state index in [4.69, 9.17) is 0 Å². The number of sulfonamides is 1. The number of rotatable bonds is 15. The molecule has 0 bridgehead atoms. The lowest BCUT2D eigenvalue weighted by molar-refractivity contribution is -0.384. The molecule has 1 aliphatic carbocycles. The molecule has 2 heterocycles. The second kappa shape index (κ2) is 16.7. The van der Waals surface area contributed by atoms with Gasteiger partial charge in [0.25, 0.3) is 15.7 Å². The quantitative estimate of drug-likeness (QED) is 0.0746. The van der Waals surface area contributed by atoms with E-state index in [1.807, 2.05) is 62.6 Å². The summed E-state index contributed by atoms with van der Waals surface area (Å²) < 4.78 is 31.2. The molecule has 1 saturated heterocycles. The van der Waals surface area contributed by atoms with Crippen LogP contribution in [0.25, 0.3) is 10.9 Å². The van der Waals surface area contributed by atoms with Gasteiger partial charge in [-0.2, -0.15) is 0 Å². The van der Waals surface area contributed by atoms with Crippen LogP contribution in [-0.4, -0.2) is 98.3 Å². The number of thioether (sulfide) groups is 1. The van der Waals surface area contributed by atoms with Crippen molar-refractivity contribution in [3.8, 4) is 0 Å². The van der Waals surface area contributed by atoms with Crippen LogP contribution in [0.3, 0.4) is 0 Å². The smallest absolute Gasteiger partial charge is 0.293 e. The van der Waals surface area contributed by atoms with Crippen molar-refractivity contribution in [2.75, 3.05) is 74.1 Å². The van der Waals surface area contributed by atoms with Gasteiger partial charge in [0.05, 0.1) is 15.3 Å². The number of nitrogens with one attached hydrogen (secondary N) is 2. The highest BCUT2D eigenvalue weighted by Gasteiger charge is 2.25. The first kappa shape index (κ1) is 37.0. The van der Waals surface area contributed by atoms with Gasteiger partial charge >= 0.3 is 0 Å². The Labute approximate surface area is 312 Å². The Kier molecular flexibility index (Phi) is 12.1. The summed E-state index contributed by atoms with van der Waals surface area (Å²) in [5.74, 6) is 0.782. The maximum absolute atomic E-state index is 13.6. The summed E-state index contributed by atoms with van der Waals surface area (Å²) in [6.07, 6.45) is 5.60. The number of halogens is 1. The fraction of sp³-hybridized carbons (Fsp3) is 0.389. The average molecular weight is 796 g/mol. The summed E-state index contributed by atoms with van der Waals surface area (Å²) in [4.78, 5) is 28.1. The highest BCUT2D eigenvalue weighted by Crippen LogP contribution is 2.33. The number of nitro benzene ring substituents is 1. The molecule has 270 valence electrons. The van der Waals surface area contributed by atoms with Crippen LogP contribution < -0.4 is 14.9 Å². The van der Waals surface area contributed by atoms with Crippen molar-refractivity contribution in [2.45, 2.75) is 41.5 Å². The first-order valence-electron chi connectivity index (χ1n) is 17.0. The van der Waals surface area contributed by atoms with E-state index in [-0.39, 0.29) is 28.1 Å². The van der Waals surface area contributed by atoms with E-state index in [0.717, 1.165) is 68.8 Å². The standard InChI is InChI=1S/C36H43BrN8O4S2/c1-42(2)16-15-27(24-50-29-8-4-3-5-9-29)40-33-14-12-30(22-35(33)45(46)47)51(48,49)41-36-31-13-11-28(21-34(31)38-25-39-36)44-19-17-43(18-20-44)23-26-7-6-10-32(26)37/h3-5,8-9,11-14,21-22,25,27,40H,6-7,10,15-20,23-24H2,1-2H3,(H,38,39,41). The van der Waals surface area contributed by atoms with Crippen molar-refractivity contribution in [3.63, 3.8) is 0 Å². The molecule has 2 N–H and O–H groups in total. The number of fused-ring (bicyclic) bond motifs is 1. The number of nitro groups is 1. The van der Waals surface area contributed by atoms with Crippen molar-refractivity contribution < 1.29 is 13.3 Å². The summed E-state index contributed by atoms with van der Waals surface area (Å²) in [6, 6.07) is 19.6. The number of nitrogens with zero attached hydrogens (tertiary/aromatic N) is 6. The normalized spacial score (nSPS) is 16.2. The minimum Gasteiger partial charge on any atom is -0.376 e. The van der Waals surface area contributed by atoms with Gasteiger partial charge in [0.2, 0.25) is 0 Å². The second-order valence-electron chi connectivity index (χ2n) is 13.1. The Balaban J connectivity index is 1.15.